The summed E-state index contributed by atoms with van der Waals surface area (Å²) in [4.78, 5) is 2.28. The second kappa shape index (κ2) is 6.41. The molecule has 1 N–H and O–H groups in total. The highest BCUT2D eigenvalue weighted by molar-refractivity contribution is 6.32. The van der Waals surface area contributed by atoms with Crippen molar-refractivity contribution in [3.8, 4) is 5.75 Å². The van der Waals surface area contributed by atoms with Crippen LogP contribution in [0.1, 0.15) is 18.4 Å². The van der Waals surface area contributed by atoms with Gasteiger partial charge in [-0.25, -0.2) is 0 Å². The van der Waals surface area contributed by atoms with Crippen LogP contribution in [0.15, 0.2) is 18.2 Å². The number of ether oxygens (including phenoxy) is 1. The number of nitrogens with zero attached hydrogens (tertiary/aromatic N) is 1. The van der Waals surface area contributed by atoms with Crippen molar-refractivity contribution in [1.29, 1.82) is 0 Å². The van der Waals surface area contributed by atoms with Crippen LogP contribution in [0.4, 0.5) is 0 Å². The number of halogens is 1. The predicted octanol–water partition coefficient (Wildman–Crippen LogP) is 2.90. The minimum Gasteiger partial charge on any atom is -0.506 e. The predicted molar refractivity (Wildman–Crippen MR) is 73.0 cm³/mol. The largest absolute Gasteiger partial charge is 0.506 e. The molecule has 0 radical (unpaired) electrons. The Labute approximate surface area is 113 Å². The fourth-order valence-electron chi connectivity index (χ4n) is 2.42. The lowest BCUT2D eigenvalue weighted by molar-refractivity contribution is 0.0411. The third-order valence-corrected chi connectivity index (χ3v) is 3.59. The van der Waals surface area contributed by atoms with Gasteiger partial charge in [-0.05, 0) is 43.5 Å². The first-order valence-electron chi connectivity index (χ1n) is 6.39. The standard InChI is InChI=1S/C14H20ClNO2/c1-16(9-12-3-2-6-18-10-12)8-11-4-5-14(17)13(15)7-11/h4-5,7,12,17H,2-3,6,8-10H2,1H3. The van der Waals surface area contributed by atoms with Crippen molar-refractivity contribution in [1.82, 2.24) is 4.90 Å². The first-order chi connectivity index (χ1) is 8.65. The molecule has 1 saturated heterocycles. The van der Waals surface area contributed by atoms with Crippen LogP contribution >= 0.6 is 11.6 Å². The van der Waals surface area contributed by atoms with E-state index in [4.69, 9.17) is 16.3 Å². The molecule has 0 saturated carbocycles. The zero-order valence-corrected chi connectivity index (χ0v) is 11.5. The third kappa shape index (κ3) is 3.87. The van der Waals surface area contributed by atoms with Crippen LogP contribution < -0.4 is 0 Å². The van der Waals surface area contributed by atoms with Gasteiger partial charge in [-0.3, -0.25) is 0 Å². The molecule has 0 amide bonds. The lowest BCUT2D eigenvalue weighted by atomic mass is 10.0. The third-order valence-electron chi connectivity index (χ3n) is 3.29. The van der Waals surface area contributed by atoms with Gasteiger partial charge < -0.3 is 14.7 Å². The number of aromatic hydroxyl groups is 1. The molecule has 0 spiro atoms. The van der Waals surface area contributed by atoms with Gasteiger partial charge in [-0.1, -0.05) is 17.7 Å². The molecule has 1 heterocycles. The Bertz CT molecular complexity index is 391. The minimum absolute atomic E-state index is 0.142. The molecular weight excluding hydrogens is 250 g/mol. The molecule has 1 fully saturated rings. The van der Waals surface area contributed by atoms with Gasteiger partial charge in [0.25, 0.3) is 0 Å². The first-order valence-corrected chi connectivity index (χ1v) is 6.76. The van der Waals surface area contributed by atoms with Gasteiger partial charge in [0.05, 0.1) is 11.6 Å². The summed E-state index contributed by atoms with van der Waals surface area (Å²) in [5, 5.41) is 9.80. The topological polar surface area (TPSA) is 32.7 Å². The van der Waals surface area contributed by atoms with Crippen molar-refractivity contribution in [2.75, 3.05) is 26.8 Å². The second-order valence-corrected chi connectivity index (χ2v) is 5.47. The highest BCUT2D eigenvalue weighted by atomic mass is 35.5. The van der Waals surface area contributed by atoms with E-state index in [9.17, 15) is 5.11 Å². The molecule has 1 aliphatic heterocycles. The van der Waals surface area contributed by atoms with E-state index in [2.05, 4.69) is 11.9 Å². The van der Waals surface area contributed by atoms with Crippen LogP contribution in [0.2, 0.25) is 5.02 Å². The SMILES string of the molecule is CN(Cc1ccc(O)c(Cl)c1)CC1CCCOC1. The summed E-state index contributed by atoms with van der Waals surface area (Å²) in [6.07, 6.45) is 2.42. The van der Waals surface area contributed by atoms with Crippen molar-refractivity contribution < 1.29 is 9.84 Å². The van der Waals surface area contributed by atoms with Crippen molar-refractivity contribution in [3.05, 3.63) is 28.8 Å². The first kappa shape index (κ1) is 13.7. The van der Waals surface area contributed by atoms with E-state index in [-0.39, 0.29) is 5.75 Å². The summed E-state index contributed by atoms with van der Waals surface area (Å²) in [7, 11) is 2.11. The van der Waals surface area contributed by atoms with Gasteiger partial charge >= 0.3 is 0 Å². The molecule has 1 unspecified atom stereocenters. The Balaban J connectivity index is 1.85. The zero-order chi connectivity index (χ0) is 13.0. The number of phenolic OH excluding ortho intramolecular Hbond substituents is 1. The molecule has 0 aromatic heterocycles. The van der Waals surface area contributed by atoms with Gasteiger partial charge in [-0.2, -0.15) is 0 Å². The number of benzene rings is 1. The highest BCUT2D eigenvalue weighted by Gasteiger charge is 2.16. The molecule has 1 aromatic carbocycles. The normalized spacial score (nSPS) is 20.3. The Morgan fingerprint density at radius 3 is 3.00 bits per heavy atom. The van der Waals surface area contributed by atoms with Gasteiger partial charge in [0.15, 0.2) is 0 Å². The Hall–Kier alpha value is -0.770. The number of hydrogen-bond acceptors (Lipinski definition) is 3. The van der Waals surface area contributed by atoms with E-state index in [1.54, 1.807) is 6.07 Å². The Morgan fingerprint density at radius 2 is 2.33 bits per heavy atom. The van der Waals surface area contributed by atoms with E-state index in [1.807, 2.05) is 12.1 Å². The van der Waals surface area contributed by atoms with Gasteiger partial charge in [-0.15, -0.1) is 0 Å². The second-order valence-electron chi connectivity index (χ2n) is 5.07. The Morgan fingerprint density at radius 1 is 1.50 bits per heavy atom. The van der Waals surface area contributed by atoms with Crippen molar-refractivity contribution in [2.45, 2.75) is 19.4 Å². The quantitative estimate of drug-likeness (QED) is 0.912. The molecule has 1 atom stereocenters. The maximum Gasteiger partial charge on any atom is 0.134 e. The maximum absolute atomic E-state index is 9.38. The van der Waals surface area contributed by atoms with Crippen LogP contribution in [0.3, 0.4) is 0 Å². The number of hydrogen-bond donors (Lipinski definition) is 1. The molecule has 0 aliphatic carbocycles. The zero-order valence-electron chi connectivity index (χ0n) is 10.7. The summed E-state index contributed by atoms with van der Waals surface area (Å²) < 4.78 is 5.49. The van der Waals surface area contributed by atoms with E-state index < -0.39 is 0 Å². The summed E-state index contributed by atoms with van der Waals surface area (Å²) in [5.74, 6) is 0.778. The van der Waals surface area contributed by atoms with Gasteiger partial charge in [0, 0.05) is 19.7 Å². The maximum atomic E-state index is 9.38. The molecular formula is C14H20ClNO2. The number of rotatable bonds is 4. The van der Waals surface area contributed by atoms with E-state index >= 15 is 0 Å². The van der Waals surface area contributed by atoms with Crippen molar-refractivity contribution in [2.24, 2.45) is 5.92 Å². The van der Waals surface area contributed by atoms with Crippen molar-refractivity contribution in [3.63, 3.8) is 0 Å². The van der Waals surface area contributed by atoms with Crippen molar-refractivity contribution >= 4 is 11.6 Å². The highest BCUT2D eigenvalue weighted by Crippen LogP contribution is 2.24. The fourth-order valence-corrected chi connectivity index (χ4v) is 2.62. The monoisotopic (exact) mass is 269 g/mol. The van der Waals surface area contributed by atoms with E-state index in [0.29, 0.717) is 10.9 Å². The average Bonchev–Trinajstić information content (AvgIpc) is 2.35. The van der Waals surface area contributed by atoms with Crippen LogP contribution in [-0.2, 0) is 11.3 Å². The van der Waals surface area contributed by atoms with Crippen LogP contribution in [0, 0.1) is 5.92 Å². The summed E-state index contributed by atoms with van der Waals surface area (Å²) >= 11 is 5.90. The lowest BCUT2D eigenvalue weighted by Crippen LogP contribution is -2.30. The minimum atomic E-state index is 0.142. The fraction of sp³-hybridized carbons (Fsp3) is 0.571. The van der Waals surface area contributed by atoms with Gasteiger partial charge in [0.2, 0.25) is 0 Å². The summed E-state index contributed by atoms with van der Waals surface area (Å²) in [6, 6.07) is 5.38. The Kier molecular flexibility index (Phi) is 4.87. The lowest BCUT2D eigenvalue weighted by Gasteiger charge is -2.27. The van der Waals surface area contributed by atoms with Crippen LogP contribution in [0.5, 0.6) is 5.75 Å². The molecule has 0 bridgehead atoms. The molecule has 3 nitrogen and oxygen atoms in total. The molecule has 2 rings (SSSR count). The molecule has 1 aromatic rings. The molecule has 1 aliphatic rings. The van der Waals surface area contributed by atoms with Crippen LogP contribution in [-0.4, -0.2) is 36.8 Å². The molecule has 18 heavy (non-hydrogen) atoms. The molecule has 4 heteroatoms. The average molecular weight is 270 g/mol. The number of phenols is 1. The van der Waals surface area contributed by atoms with E-state index in [1.165, 1.54) is 12.8 Å². The van der Waals surface area contributed by atoms with E-state index in [0.717, 1.165) is 31.9 Å². The summed E-state index contributed by atoms with van der Waals surface area (Å²) in [6.45, 7) is 3.67. The summed E-state index contributed by atoms with van der Waals surface area (Å²) in [5.41, 5.74) is 1.12. The van der Waals surface area contributed by atoms with Gasteiger partial charge in [0.1, 0.15) is 5.75 Å². The smallest absolute Gasteiger partial charge is 0.134 e. The molecule has 100 valence electrons. The van der Waals surface area contributed by atoms with Crippen LogP contribution in [0.25, 0.3) is 0 Å².